The molecule has 0 aromatic heterocycles. The monoisotopic (exact) mass is 529 g/mol. The Bertz CT molecular complexity index is 1200. The molecule has 2 aliphatic rings. The van der Waals surface area contributed by atoms with E-state index in [1.807, 2.05) is 44.0 Å². The van der Waals surface area contributed by atoms with Gasteiger partial charge in [-0.2, -0.15) is 13.2 Å². The van der Waals surface area contributed by atoms with Gasteiger partial charge in [0.15, 0.2) is 0 Å². The summed E-state index contributed by atoms with van der Waals surface area (Å²) >= 11 is 0. The summed E-state index contributed by atoms with van der Waals surface area (Å²) in [5, 5.41) is 2.83. The average molecular weight is 530 g/mol. The van der Waals surface area contributed by atoms with Crippen LogP contribution >= 0.6 is 0 Å². The molecule has 8 heteroatoms. The van der Waals surface area contributed by atoms with Crippen molar-refractivity contribution in [3.05, 3.63) is 58.7 Å². The zero-order valence-corrected chi connectivity index (χ0v) is 23.1. The Morgan fingerprint density at radius 1 is 1.16 bits per heavy atom. The normalized spacial score (nSPS) is 22.0. The van der Waals surface area contributed by atoms with Crippen LogP contribution in [-0.4, -0.2) is 43.4 Å². The average Bonchev–Trinajstić information content (AvgIpc) is 3.62. The predicted octanol–water partition coefficient (Wildman–Crippen LogP) is 6.40. The zero-order valence-electron chi connectivity index (χ0n) is 23.1. The summed E-state index contributed by atoms with van der Waals surface area (Å²) < 4.78 is 41.1. The third kappa shape index (κ3) is 5.60. The van der Waals surface area contributed by atoms with Crippen LogP contribution < -0.4 is 10.2 Å². The predicted molar refractivity (Wildman–Crippen MR) is 144 cm³/mol. The molecule has 2 fully saturated rings. The molecule has 1 saturated carbocycles. The number of anilines is 2. The van der Waals surface area contributed by atoms with Crippen LogP contribution in [-0.2, 0) is 15.8 Å². The number of benzene rings is 2. The number of rotatable bonds is 8. The second kappa shape index (κ2) is 10.4. The van der Waals surface area contributed by atoms with Gasteiger partial charge in [0.2, 0.25) is 11.8 Å². The van der Waals surface area contributed by atoms with E-state index < -0.39 is 29.0 Å². The molecule has 1 aliphatic heterocycles. The number of para-hydroxylation sites is 1. The van der Waals surface area contributed by atoms with E-state index in [0.29, 0.717) is 24.6 Å². The van der Waals surface area contributed by atoms with Crippen molar-refractivity contribution < 1.29 is 22.8 Å². The van der Waals surface area contributed by atoms with Gasteiger partial charge in [-0.15, -0.1) is 0 Å². The summed E-state index contributed by atoms with van der Waals surface area (Å²) in [7, 11) is 1.92. The second-order valence-electron chi connectivity index (χ2n) is 11.7. The smallest absolute Gasteiger partial charge is 0.325 e. The molecule has 4 rings (SSSR count). The zero-order chi connectivity index (χ0) is 28.0. The van der Waals surface area contributed by atoms with Gasteiger partial charge in [-0.05, 0) is 80.5 Å². The highest BCUT2D eigenvalue weighted by Crippen LogP contribution is 2.45. The quantitative estimate of drug-likeness (QED) is 0.431. The van der Waals surface area contributed by atoms with Crippen LogP contribution in [0.3, 0.4) is 0 Å². The number of nitrogens with zero attached hydrogens (tertiary/aromatic N) is 2. The van der Waals surface area contributed by atoms with Crippen molar-refractivity contribution in [3.63, 3.8) is 0 Å². The summed E-state index contributed by atoms with van der Waals surface area (Å²) in [5.74, 6) is -0.816. The summed E-state index contributed by atoms with van der Waals surface area (Å²) in [5.41, 5.74) is 1.46. The van der Waals surface area contributed by atoms with E-state index in [2.05, 4.69) is 19.2 Å². The summed E-state index contributed by atoms with van der Waals surface area (Å²) in [6.45, 7) is 11.0. The van der Waals surface area contributed by atoms with E-state index in [-0.39, 0.29) is 24.1 Å². The Morgan fingerprint density at radius 2 is 1.79 bits per heavy atom. The molecular formula is C30H38F3N3O2. The van der Waals surface area contributed by atoms with Crippen molar-refractivity contribution in [2.45, 2.75) is 59.6 Å². The Morgan fingerprint density at radius 3 is 2.34 bits per heavy atom. The molecule has 1 N–H and O–H groups in total. The van der Waals surface area contributed by atoms with E-state index in [9.17, 15) is 22.8 Å². The van der Waals surface area contributed by atoms with Gasteiger partial charge in [0.05, 0.1) is 16.9 Å². The first-order valence-corrected chi connectivity index (χ1v) is 13.3. The van der Waals surface area contributed by atoms with E-state index in [1.165, 1.54) is 6.07 Å². The van der Waals surface area contributed by atoms with Gasteiger partial charge in [-0.1, -0.05) is 39.0 Å². The summed E-state index contributed by atoms with van der Waals surface area (Å²) in [6.07, 6.45) is -2.83. The van der Waals surface area contributed by atoms with Gasteiger partial charge >= 0.3 is 6.18 Å². The van der Waals surface area contributed by atoms with Crippen molar-refractivity contribution in [2.24, 2.45) is 17.3 Å². The van der Waals surface area contributed by atoms with Gasteiger partial charge in [0.1, 0.15) is 0 Å². The molecule has 1 aliphatic carbocycles. The lowest BCUT2D eigenvalue weighted by Crippen LogP contribution is -2.50. The van der Waals surface area contributed by atoms with Crippen LogP contribution in [0.5, 0.6) is 0 Å². The van der Waals surface area contributed by atoms with Gasteiger partial charge in [-0.25, -0.2) is 0 Å². The lowest BCUT2D eigenvalue weighted by molar-refractivity contribution is -0.137. The van der Waals surface area contributed by atoms with Crippen molar-refractivity contribution in [1.82, 2.24) is 4.90 Å². The Balaban J connectivity index is 1.73. The van der Waals surface area contributed by atoms with Crippen LogP contribution in [0.2, 0.25) is 0 Å². The standard InChI is InChI=1S/C30H38F3N3O2/c1-18(2)15-35(6)16-29(17-36(27(37)21(29)5)26-19(3)8-7-9-20(26)4)28(38)34-25-13-23(22-10-11-22)12-24(14-25)30(31,32)33/h7-9,12-14,18,21-22H,10-11,15-17H2,1-6H3,(H,34,38)/t21-,29-/m1/s1. The molecule has 0 spiro atoms. The molecule has 2 atom stereocenters. The number of hydrogen-bond acceptors (Lipinski definition) is 3. The maximum Gasteiger partial charge on any atom is 0.416 e. The number of amides is 2. The van der Waals surface area contributed by atoms with Gasteiger partial charge in [0.25, 0.3) is 0 Å². The molecular weight excluding hydrogens is 491 g/mol. The van der Waals surface area contributed by atoms with Crippen molar-refractivity contribution in [3.8, 4) is 0 Å². The maximum absolute atomic E-state index is 14.1. The van der Waals surface area contributed by atoms with E-state index in [4.69, 9.17) is 0 Å². The number of halogens is 3. The molecule has 206 valence electrons. The highest BCUT2D eigenvalue weighted by molar-refractivity contribution is 6.08. The lowest BCUT2D eigenvalue weighted by Gasteiger charge is -2.35. The number of carbonyl (C=O) groups excluding carboxylic acids is 2. The molecule has 1 saturated heterocycles. The molecule has 0 unspecified atom stereocenters. The second-order valence-corrected chi connectivity index (χ2v) is 11.7. The summed E-state index contributed by atoms with van der Waals surface area (Å²) in [4.78, 5) is 31.6. The first-order valence-electron chi connectivity index (χ1n) is 13.3. The molecule has 5 nitrogen and oxygen atoms in total. The molecule has 0 radical (unpaired) electrons. The van der Waals surface area contributed by atoms with E-state index in [1.54, 1.807) is 17.9 Å². The Kier molecular flexibility index (Phi) is 7.67. The molecule has 38 heavy (non-hydrogen) atoms. The van der Waals surface area contributed by atoms with Gasteiger partial charge in [0, 0.05) is 31.0 Å². The van der Waals surface area contributed by atoms with Crippen LogP contribution in [0, 0.1) is 31.1 Å². The largest absolute Gasteiger partial charge is 0.416 e. The van der Waals surface area contributed by atoms with Crippen molar-refractivity contribution in [1.29, 1.82) is 0 Å². The van der Waals surface area contributed by atoms with Crippen molar-refractivity contribution >= 4 is 23.2 Å². The highest BCUT2D eigenvalue weighted by atomic mass is 19.4. The third-order valence-corrected chi connectivity index (χ3v) is 7.89. The number of hydrogen-bond donors (Lipinski definition) is 1. The number of alkyl halides is 3. The fourth-order valence-corrected chi connectivity index (χ4v) is 5.88. The number of aryl methyl sites for hydroxylation is 2. The minimum absolute atomic E-state index is 0.0885. The minimum Gasteiger partial charge on any atom is -0.325 e. The Hall–Kier alpha value is -2.87. The van der Waals surface area contributed by atoms with Crippen molar-refractivity contribution in [2.75, 3.05) is 36.9 Å². The topological polar surface area (TPSA) is 52.6 Å². The Labute approximate surface area is 223 Å². The first-order chi connectivity index (χ1) is 17.7. The molecule has 1 heterocycles. The van der Waals surface area contributed by atoms with E-state index in [0.717, 1.165) is 35.7 Å². The third-order valence-electron chi connectivity index (χ3n) is 7.89. The fraction of sp³-hybridized carbons (Fsp3) is 0.533. The van der Waals surface area contributed by atoms with E-state index >= 15 is 0 Å². The van der Waals surface area contributed by atoms with Crippen LogP contribution in [0.4, 0.5) is 24.5 Å². The molecule has 2 amide bonds. The first kappa shape index (κ1) is 28.1. The molecule has 2 aromatic rings. The maximum atomic E-state index is 14.1. The number of nitrogens with one attached hydrogen (secondary N) is 1. The van der Waals surface area contributed by atoms with Crippen LogP contribution in [0.25, 0.3) is 0 Å². The molecule has 0 bridgehead atoms. The molecule has 2 aromatic carbocycles. The fourth-order valence-electron chi connectivity index (χ4n) is 5.88. The van der Waals surface area contributed by atoms with Gasteiger partial charge < -0.3 is 15.1 Å². The van der Waals surface area contributed by atoms with Gasteiger partial charge in [-0.3, -0.25) is 9.59 Å². The number of carbonyl (C=O) groups is 2. The lowest BCUT2D eigenvalue weighted by atomic mass is 9.77. The SMILES string of the molecule is Cc1cccc(C)c1N1C[C@@](CN(C)CC(C)C)(C(=O)Nc2cc(C3CC3)cc(C(F)(F)F)c2)[C@H](C)C1=O. The van der Waals surface area contributed by atoms with Crippen LogP contribution in [0.1, 0.15) is 61.8 Å². The summed E-state index contributed by atoms with van der Waals surface area (Å²) in [6, 6.07) is 9.64. The minimum atomic E-state index is -4.52. The highest BCUT2D eigenvalue weighted by Gasteiger charge is 2.56. The van der Waals surface area contributed by atoms with Crippen LogP contribution in [0.15, 0.2) is 36.4 Å².